The zero-order valence-electron chi connectivity index (χ0n) is 8.38. The molecule has 3 heteroatoms. The molecule has 1 N–H and O–H groups in total. The van der Waals surface area contributed by atoms with Crippen molar-refractivity contribution >= 4 is 5.78 Å². The Morgan fingerprint density at radius 1 is 1.57 bits per heavy atom. The highest BCUT2D eigenvalue weighted by Crippen LogP contribution is 2.05. The summed E-state index contributed by atoms with van der Waals surface area (Å²) in [7, 11) is 1.73. The van der Waals surface area contributed by atoms with Gasteiger partial charge < -0.3 is 5.32 Å². The molecule has 0 radical (unpaired) electrons. The van der Waals surface area contributed by atoms with Crippen LogP contribution in [0.4, 0.5) is 4.39 Å². The highest BCUT2D eigenvalue weighted by Gasteiger charge is 2.10. The SMILES string of the molecule is CNC(C)C(=O)Cc1cccc(F)c1. The summed E-state index contributed by atoms with van der Waals surface area (Å²) in [4.78, 5) is 11.5. The monoisotopic (exact) mass is 195 g/mol. The van der Waals surface area contributed by atoms with Crippen molar-refractivity contribution in [1.82, 2.24) is 5.32 Å². The fourth-order valence-corrected chi connectivity index (χ4v) is 1.16. The Balaban J connectivity index is 2.65. The van der Waals surface area contributed by atoms with Crippen LogP contribution in [0.3, 0.4) is 0 Å². The Labute approximate surface area is 83.1 Å². The molecule has 0 aromatic heterocycles. The van der Waals surface area contributed by atoms with Gasteiger partial charge in [0.05, 0.1) is 6.04 Å². The molecule has 1 unspecified atom stereocenters. The first-order valence-corrected chi connectivity index (χ1v) is 4.58. The summed E-state index contributed by atoms with van der Waals surface area (Å²) in [6, 6.07) is 5.94. The maximum absolute atomic E-state index is 12.8. The average molecular weight is 195 g/mol. The molecule has 0 saturated carbocycles. The molecule has 0 saturated heterocycles. The van der Waals surface area contributed by atoms with E-state index in [2.05, 4.69) is 5.32 Å². The molecule has 1 rings (SSSR count). The van der Waals surface area contributed by atoms with Crippen LogP contribution in [-0.2, 0) is 11.2 Å². The molecule has 0 spiro atoms. The van der Waals surface area contributed by atoms with Crippen molar-refractivity contribution in [2.24, 2.45) is 0 Å². The second-order valence-electron chi connectivity index (χ2n) is 3.28. The van der Waals surface area contributed by atoms with E-state index in [0.717, 1.165) is 5.56 Å². The quantitative estimate of drug-likeness (QED) is 0.789. The predicted octanol–water partition coefficient (Wildman–Crippen LogP) is 1.55. The van der Waals surface area contributed by atoms with Crippen LogP contribution in [-0.4, -0.2) is 18.9 Å². The normalized spacial score (nSPS) is 12.5. The van der Waals surface area contributed by atoms with E-state index in [-0.39, 0.29) is 24.1 Å². The number of ketones is 1. The number of benzene rings is 1. The lowest BCUT2D eigenvalue weighted by Gasteiger charge is -2.08. The first-order valence-electron chi connectivity index (χ1n) is 4.58. The molecule has 76 valence electrons. The van der Waals surface area contributed by atoms with Crippen molar-refractivity contribution in [2.75, 3.05) is 7.05 Å². The minimum Gasteiger partial charge on any atom is -0.311 e. The molecule has 0 aliphatic carbocycles. The number of rotatable bonds is 4. The van der Waals surface area contributed by atoms with Crippen molar-refractivity contribution in [2.45, 2.75) is 19.4 Å². The predicted molar refractivity (Wildman–Crippen MR) is 53.6 cm³/mol. The molecule has 0 fully saturated rings. The van der Waals surface area contributed by atoms with Gasteiger partial charge in [0.25, 0.3) is 0 Å². The van der Waals surface area contributed by atoms with Crippen LogP contribution in [0.2, 0.25) is 0 Å². The fraction of sp³-hybridized carbons (Fsp3) is 0.364. The molecule has 14 heavy (non-hydrogen) atoms. The third-order valence-electron chi connectivity index (χ3n) is 2.18. The molecule has 2 nitrogen and oxygen atoms in total. The average Bonchev–Trinajstić information content (AvgIpc) is 2.16. The third-order valence-corrected chi connectivity index (χ3v) is 2.18. The topological polar surface area (TPSA) is 29.1 Å². The van der Waals surface area contributed by atoms with Gasteiger partial charge in [-0.05, 0) is 31.7 Å². The van der Waals surface area contributed by atoms with E-state index >= 15 is 0 Å². The highest BCUT2D eigenvalue weighted by molar-refractivity contribution is 5.85. The van der Waals surface area contributed by atoms with E-state index in [0.29, 0.717) is 0 Å². The molecule has 0 heterocycles. The molecule has 1 atom stereocenters. The second kappa shape index (κ2) is 4.86. The van der Waals surface area contributed by atoms with Gasteiger partial charge in [0, 0.05) is 6.42 Å². The minimum atomic E-state index is -0.299. The minimum absolute atomic E-state index is 0.0677. The van der Waals surface area contributed by atoms with Gasteiger partial charge in [0.2, 0.25) is 0 Å². The lowest BCUT2D eigenvalue weighted by molar-refractivity contribution is -0.119. The molecule has 0 bridgehead atoms. The van der Waals surface area contributed by atoms with Crippen molar-refractivity contribution in [3.63, 3.8) is 0 Å². The van der Waals surface area contributed by atoms with Gasteiger partial charge in [-0.15, -0.1) is 0 Å². The number of carbonyl (C=O) groups excluding carboxylic acids is 1. The van der Waals surface area contributed by atoms with Crippen molar-refractivity contribution in [3.8, 4) is 0 Å². The summed E-state index contributed by atoms with van der Waals surface area (Å²) in [5.74, 6) is -0.231. The number of likely N-dealkylation sites (N-methyl/N-ethyl adjacent to an activating group) is 1. The van der Waals surface area contributed by atoms with Crippen LogP contribution in [0.5, 0.6) is 0 Å². The molecule has 1 aromatic carbocycles. The van der Waals surface area contributed by atoms with E-state index in [1.807, 2.05) is 0 Å². The lowest BCUT2D eigenvalue weighted by atomic mass is 10.1. The summed E-state index contributed by atoms with van der Waals surface area (Å²) in [6.07, 6.45) is 0.278. The smallest absolute Gasteiger partial charge is 0.153 e. The maximum atomic E-state index is 12.8. The molecular formula is C11H14FNO. The summed E-state index contributed by atoms with van der Waals surface area (Å²) >= 11 is 0. The number of halogens is 1. The standard InChI is InChI=1S/C11H14FNO/c1-8(13-2)11(14)7-9-4-3-5-10(12)6-9/h3-6,8,13H,7H2,1-2H3. The van der Waals surface area contributed by atoms with E-state index in [4.69, 9.17) is 0 Å². The van der Waals surface area contributed by atoms with Crippen LogP contribution in [0.1, 0.15) is 12.5 Å². The molecular weight excluding hydrogens is 181 g/mol. The molecule has 0 amide bonds. The van der Waals surface area contributed by atoms with Crippen LogP contribution in [0.15, 0.2) is 24.3 Å². The lowest BCUT2D eigenvalue weighted by Crippen LogP contribution is -2.31. The second-order valence-corrected chi connectivity index (χ2v) is 3.28. The van der Waals surface area contributed by atoms with Gasteiger partial charge in [-0.1, -0.05) is 12.1 Å². The van der Waals surface area contributed by atoms with E-state index < -0.39 is 0 Å². The zero-order chi connectivity index (χ0) is 10.6. The summed E-state index contributed by atoms with van der Waals surface area (Å²) in [6.45, 7) is 1.79. The van der Waals surface area contributed by atoms with Crippen LogP contribution in [0, 0.1) is 5.82 Å². The summed E-state index contributed by atoms with van der Waals surface area (Å²) in [5, 5.41) is 2.86. The van der Waals surface area contributed by atoms with Gasteiger partial charge >= 0.3 is 0 Å². The number of nitrogens with one attached hydrogen (secondary N) is 1. The van der Waals surface area contributed by atoms with Crippen LogP contribution in [0.25, 0.3) is 0 Å². The molecule has 0 aliphatic rings. The Morgan fingerprint density at radius 3 is 2.86 bits per heavy atom. The zero-order valence-corrected chi connectivity index (χ0v) is 8.38. The van der Waals surface area contributed by atoms with Crippen LogP contribution < -0.4 is 5.32 Å². The Morgan fingerprint density at radius 2 is 2.29 bits per heavy atom. The van der Waals surface area contributed by atoms with Gasteiger partial charge in [-0.2, -0.15) is 0 Å². The van der Waals surface area contributed by atoms with Gasteiger partial charge in [0.1, 0.15) is 5.82 Å². The van der Waals surface area contributed by atoms with Crippen LogP contribution >= 0.6 is 0 Å². The fourth-order valence-electron chi connectivity index (χ4n) is 1.16. The number of hydrogen-bond donors (Lipinski definition) is 1. The van der Waals surface area contributed by atoms with Crippen molar-refractivity contribution in [1.29, 1.82) is 0 Å². The Hall–Kier alpha value is -1.22. The Bertz CT molecular complexity index is 325. The van der Waals surface area contributed by atoms with Crippen molar-refractivity contribution in [3.05, 3.63) is 35.6 Å². The van der Waals surface area contributed by atoms with Gasteiger partial charge in [0.15, 0.2) is 5.78 Å². The summed E-state index contributed by atoms with van der Waals surface area (Å²) < 4.78 is 12.8. The first-order chi connectivity index (χ1) is 6.63. The highest BCUT2D eigenvalue weighted by atomic mass is 19.1. The van der Waals surface area contributed by atoms with Gasteiger partial charge in [-0.3, -0.25) is 4.79 Å². The van der Waals surface area contributed by atoms with E-state index in [1.165, 1.54) is 12.1 Å². The summed E-state index contributed by atoms with van der Waals surface area (Å²) in [5.41, 5.74) is 0.720. The van der Waals surface area contributed by atoms with E-state index in [1.54, 1.807) is 26.1 Å². The Kier molecular flexibility index (Phi) is 3.77. The first kappa shape index (κ1) is 10.9. The molecule has 0 aliphatic heterocycles. The third kappa shape index (κ3) is 2.92. The maximum Gasteiger partial charge on any atom is 0.153 e. The van der Waals surface area contributed by atoms with E-state index in [9.17, 15) is 9.18 Å². The largest absolute Gasteiger partial charge is 0.311 e. The number of Topliss-reactive ketones (excluding diaryl/α,β-unsaturated/α-hetero) is 1. The number of carbonyl (C=O) groups is 1. The molecule has 1 aromatic rings. The van der Waals surface area contributed by atoms with Gasteiger partial charge in [-0.25, -0.2) is 4.39 Å². The van der Waals surface area contributed by atoms with Crippen molar-refractivity contribution < 1.29 is 9.18 Å². The number of hydrogen-bond acceptors (Lipinski definition) is 2.